The van der Waals surface area contributed by atoms with Crippen LogP contribution in [0, 0.1) is 11.8 Å². The first-order chi connectivity index (χ1) is 23.2. The first kappa shape index (κ1) is 36.9. The van der Waals surface area contributed by atoms with Crippen molar-refractivity contribution in [3.63, 3.8) is 0 Å². The Kier molecular flexibility index (Phi) is 11.5. The van der Waals surface area contributed by atoms with Crippen molar-refractivity contribution in [2.24, 2.45) is 11.8 Å². The zero-order valence-electron chi connectivity index (χ0n) is 30.4. The molecule has 4 aliphatic rings. The number of fused-ring (bicyclic) bond motifs is 1. The highest BCUT2D eigenvalue weighted by Crippen LogP contribution is 2.43. The molecule has 1 aromatic rings. The average Bonchev–Trinajstić information content (AvgIpc) is 3.88. The molecule has 2 aliphatic carbocycles. The van der Waals surface area contributed by atoms with E-state index in [1.165, 1.54) is 4.90 Å². The van der Waals surface area contributed by atoms with Gasteiger partial charge in [-0.1, -0.05) is 12.8 Å². The van der Waals surface area contributed by atoms with Gasteiger partial charge < -0.3 is 39.0 Å². The number of nitrogens with one attached hydrogen (secondary N) is 1. The molecule has 12 heteroatoms. The second kappa shape index (κ2) is 15.2. The lowest BCUT2D eigenvalue weighted by molar-refractivity contribution is -0.133. The van der Waals surface area contributed by atoms with Crippen LogP contribution in [-0.4, -0.2) is 98.1 Å². The maximum Gasteiger partial charge on any atom is 0.410 e. The highest BCUT2D eigenvalue weighted by atomic mass is 16.6. The molecule has 0 spiro atoms. The van der Waals surface area contributed by atoms with Crippen LogP contribution in [0.3, 0.4) is 0 Å². The van der Waals surface area contributed by atoms with E-state index in [4.69, 9.17) is 18.9 Å². The van der Waals surface area contributed by atoms with Crippen molar-refractivity contribution in [1.29, 1.82) is 0 Å². The van der Waals surface area contributed by atoms with Crippen LogP contribution in [0.4, 0.5) is 16.2 Å². The van der Waals surface area contributed by atoms with E-state index in [-0.39, 0.29) is 49.0 Å². The van der Waals surface area contributed by atoms with Crippen molar-refractivity contribution in [2.45, 2.75) is 122 Å². The quantitative estimate of drug-likeness (QED) is 0.321. The Hall–Kier alpha value is -3.38. The van der Waals surface area contributed by atoms with Crippen molar-refractivity contribution >= 4 is 35.2 Å². The number of benzene rings is 1. The zero-order valence-corrected chi connectivity index (χ0v) is 30.4. The van der Waals surface area contributed by atoms with Crippen LogP contribution in [0.1, 0.15) is 92.9 Å². The minimum Gasteiger partial charge on any atom is -0.476 e. The summed E-state index contributed by atoms with van der Waals surface area (Å²) in [4.78, 5) is 60.5. The topological polar surface area (TPSA) is 127 Å². The molecular formula is C37H56N4O8. The van der Waals surface area contributed by atoms with Crippen molar-refractivity contribution in [1.82, 2.24) is 10.2 Å². The predicted octanol–water partition coefficient (Wildman–Crippen LogP) is 5.06. The Morgan fingerprint density at radius 1 is 1.06 bits per heavy atom. The summed E-state index contributed by atoms with van der Waals surface area (Å²) in [6, 6.07) is 5.44. The minimum atomic E-state index is -1.03. The first-order valence-corrected chi connectivity index (χ1v) is 18.1. The molecule has 5 rings (SSSR count). The number of hydrogen-bond acceptors (Lipinski definition) is 8. The Morgan fingerprint density at radius 3 is 2.45 bits per heavy atom. The van der Waals surface area contributed by atoms with Gasteiger partial charge in [0.15, 0.2) is 5.60 Å². The van der Waals surface area contributed by atoms with Crippen LogP contribution in [0.15, 0.2) is 18.2 Å². The molecular weight excluding hydrogens is 628 g/mol. The van der Waals surface area contributed by atoms with Gasteiger partial charge in [0.25, 0.3) is 5.91 Å². The number of carbonyl (C=O) groups is 4. The fourth-order valence-corrected chi connectivity index (χ4v) is 7.26. The van der Waals surface area contributed by atoms with E-state index in [9.17, 15) is 19.2 Å². The molecule has 2 aliphatic heterocycles. The van der Waals surface area contributed by atoms with E-state index in [0.717, 1.165) is 38.5 Å². The predicted molar refractivity (Wildman–Crippen MR) is 186 cm³/mol. The smallest absolute Gasteiger partial charge is 0.410 e. The highest BCUT2D eigenvalue weighted by molar-refractivity contribution is 6.04. The Labute approximate surface area is 291 Å². The molecule has 1 N–H and O–H groups in total. The largest absolute Gasteiger partial charge is 0.476 e. The molecule has 1 unspecified atom stereocenters. The van der Waals surface area contributed by atoms with E-state index < -0.39 is 29.1 Å². The van der Waals surface area contributed by atoms with Gasteiger partial charge in [-0.3, -0.25) is 14.4 Å². The second-order valence-electron chi connectivity index (χ2n) is 15.4. The third-order valence-corrected chi connectivity index (χ3v) is 9.75. The summed E-state index contributed by atoms with van der Waals surface area (Å²) in [5.41, 5.74) is -0.484. The fraction of sp³-hybridized carbons (Fsp3) is 0.730. The van der Waals surface area contributed by atoms with Gasteiger partial charge in [0, 0.05) is 51.7 Å². The minimum absolute atomic E-state index is 0.0116. The summed E-state index contributed by atoms with van der Waals surface area (Å²) in [5, 5.41) is 3.23. The van der Waals surface area contributed by atoms with Crippen molar-refractivity contribution in [3.05, 3.63) is 18.2 Å². The van der Waals surface area contributed by atoms with Crippen LogP contribution >= 0.6 is 0 Å². The van der Waals surface area contributed by atoms with Crippen LogP contribution in [0.5, 0.6) is 5.75 Å². The van der Waals surface area contributed by atoms with Crippen molar-refractivity contribution in [2.75, 3.05) is 49.8 Å². The molecule has 0 aromatic heterocycles. The van der Waals surface area contributed by atoms with Gasteiger partial charge in [0.1, 0.15) is 11.4 Å². The molecule has 0 bridgehead atoms. The number of nitrogens with zero attached hydrogens (tertiary/aromatic N) is 3. The Morgan fingerprint density at radius 2 is 1.78 bits per heavy atom. The summed E-state index contributed by atoms with van der Waals surface area (Å²) in [6.07, 6.45) is 5.86. The highest BCUT2D eigenvalue weighted by Gasteiger charge is 2.45. The Balaban J connectivity index is 1.41. The molecule has 2 heterocycles. The lowest BCUT2D eigenvalue weighted by Gasteiger charge is -2.41. The van der Waals surface area contributed by atoms with Crippen LogP contribution < -0.4 is 19.9 Å². The maximum absolute atomic E-state index is 14.6. The summed E-state index contributed by atoms with van der Waals surface area (Å²) in [5.74, 6) is -1.11. The van der Waals surface area contributed by atoms with Crippen LogP contribution in [0.2, 0.25) is 0 Å². The van der Waals surface area contributed by atoms with E-state index in [2.05, 4.69) is 5.32 Å². The SMILES string of the molecule is CCO[C@@H]1CCCCC1NC(=O)[C@H]1C[C@@H](C(=O)N(c2ccc3c(c2)N(CCCOC)C(=O)C(C)(C)O3)C2CC2)CN(C(=O)OC(C)(C)C)C1. The molecule has 3 fully saturated rings. The maximum atomic E-state index is 14.6. The first-order valence-electron chi connectivity index (χ1n) is 18.1. The lowest BCUT2D eigenvalue weighted by atomic mass is 9.86. The number of ether oxygens (including phenoxy) is 4. The second-order valence-corrected chi connectivity index (χ2v) is 15.4. The standard InChI is InChI=1S/C37H56N4O8/c1-8-47-30-13-10-9-12-28(30)38-32(42)24-20-25(23-39(22-24)35(45)49-36(2,3)4)33(43)41(26-14-15-26)27-16-17-31-29(21-27)40(18-11-19-46-7)34(44)37(5,6)48-31/h16-17,21,24-26,28,30H,8-15,18-20,22-23H2,1-7H3,(H,38,42)/t24-,25+,28?,30+/m0/s1. The van der Waals surface area contributed by atoms with Gasteiger partial charge >= 0.3 is 6.09 Å². The zero-order chi connectivity index (χ0) is 35.5. The number of piperidine rings is 1. The van der Waals surface area contributed by atoms with E-state index in [1.54, 1.807) is 46.6 Å². The molecule has 2 saturated carbocycles. The van der Waals surface area contributed by atoms with E-state index in [1.807, 2.05) is 30.0 Å². The number of hydrogen-bond donors (Lipinski definition) is 1. The van der Waals surface area contributed by atoms with Crippen molar-refractivity contribution < 1.29 is 38.1 Å². The monoisotopic (exact) mass is 684 g/mol. The summed E-state index contributed by atoms with van der Waals surface area (Å²) >= 11 is 0. The number of rotatable bonds is 11. The molecule has 272 valence electrons. The van der Waals surface area contributed by atoms with Gasteiger partial charge in [0.2, 0.25) is 11.8 Å². The molecule has 1 saturated heterocycles. The number of methoxy groups -OCH3 is 1. The number of amides is 4. The molecule has 49 heavy (non-hydrogen) atoms. The van der Waals surface area contributed by atoms with Gasteiger partial charge in [0.05, 0.1) is 29.7 Å². The molecule has 0 radical (unpaired) electrons. The molecule has 12 nitrogen and oxygen atoms in total. The summed E-state index contributed by atoms with van der Waals surface area (Å²) < 4.78 is 23.1. The van der Waals surface area contributed by atoms with Gasteiger partial charge in [-0.2, -0.15) is 0 Å². The molecule has 1 aromatic carbocycles. The number of anilines is 2. The Bertz CT molecular complexity index is 1370. The van der Waals surface area contributed by atoms with Crippen molar-refractivity contribution in [3.8, 4) is 5.75 Å². The van der Waals surface area contributed by atoms with Gasteiger partial charge in [-0.05, 0) is 98.3 Å². The average molecular weight is 685 g/mol. The fourth-order valence-electron chi connectivity index (χ4n) is 7.26. The molecule has 4 amide bonds. The third kappa shape index (κ3) is 8.86. The number of likely N-dealkylation sites (tertiary alicyclic amines) is 1. The van der Waals surface area contributed by atoms with E-state index >= 15 is 0 Å². The summed E-state index contributed by atoms with van der Waals surface area (Å²) in [7, 11) is 1.63. The normalized spacial score (nSPS) is 25.2. The van der Waals surface area contributed by atoms with Crippen LogP contribution in [-0.2, 0) is 28.6 Å². The van der Waals surface area contributed by atoms with Gasteiger partial charge in [-0.25, -0.2) is 4.79 Å². The van der Waals surface area contributed by atoms with E-state index in [0.29, 0.717) is 49.7 Å². The third-order valence-electron chi connectivity index (χ3n) is 9.75. The van der Waals surface area contributed by atoms with Gasteiger partial charge in [-0.15, -0.1) is 0 Å². The molecule has 4 atom stereocenters. The summed E-state index contributed by atoms with van der Waals surface area (Å²) in [6.45, 7) is 12.7. The number of carbonyl (C=O) groups excluding carboxylic acids is 4. The van der Waals surface area contributed by atoms with Crippen LogP contribution in [0.25, 0.3) is 0 Å². The lowest BCUT2D eigenvalue weighted by Crippen LogP contribution is -2.56.